The lowest BCUT2D eigenvalue weighted by Crippen LogP contribution is -2.11. The highest BCUT2D eigenvalue weighted by molar-refractivity contribution is 7.12. The molecule has 0 saturated carbocycles. The van der Waals surface area contributed by atoms with Crippen molar-refractivity contribution in [3.05, 3.63) is 55.2 Å². The maximum Gasteiger partial charge on any atom is 0.0660 e. The normalized spacial score (nSPS) is 16.0. The van der Waals surface area contributed by atoms with Crippen molar-refractivity contribution < 1.29 is 0 Å². The molecule has 0 radical (unpaired) electrons. The molecule has 3 rings (SSSR count). The maximum absolute atomic E-state index is 6.47. The Morgan fingerprint density at radius 2 is 1.80 bits per heavy atom. The van der Waals surface area contributed by atoms with Crippen LogP contribution in [0.1, 0.15) is 50.9 Å². The molecule has 20 heavy (non-hydrogen) atoms. The summed E-state index contributed by atoms with van der Waals surface area (Å²) in [7, 11) is 0. The molecular formula is C17H20ClNS. The Kier molecular flexibility index (Phi) is 3.89. The second kappa shape index (κ2) is 5.51. The van der Waals surface area contributed by atoms with Gasteiger partial charge in [0.2, 0.25) is 0 Å². The lowest BCUT2D eigenvalue weighted by atomic mass is 9.97. The zero-order valence-corrected chi connectivity index (χ0v) is 13.6. The summed E-state index contributed by atoms with van der Waals surface area (Å²) in [6, 6.07) is 6.37. The van der Waals surface area contributed by atoms with Gasteiger partial charge in [-0.2, -0.15) is 0 Å². The monoisotopic (exact) mass is 305 g/mol. The van der Waals surface area contributed by atoms with Gasteiger partial charge < -0.3 is 5.73 Å². The SMILES string of the molecule is Cc1cc(Cl)c(C(N)c2cc3c(s2)CCCC3)cc1C. The van der Waals surface area contributed by atoms with Gasteiger partial charge in [0.05, 0.1) is 6.04 Å². The molecule has 2 N–H and O–H groups in total. The van der Waals surface area contributed by atoms with Gasteiger partial charge in [-0.15, -0.1) is 11.3 Å². The van der Waals surface area contributed by atoms with E-state index in [1.807, 2.05) is 17.4 Å². The van der Waals surface area contributed by atoms with Crippen LogP contribution in [0.2, 0.25) is 5.02 Å². The van der Waals surface area contributed by atoms with Crippen LogP contribution in [-0.4, -0.2) is 0 Å². The van der Waals surface area contributed by atoms with E-state index in [2.05, 4.69) is 26.0 Å². The third kappa shape index (κ3) is 2.52. The van der Waals surface area contributed by atoms with Crippen LogP contribution in [0.3, 0.4) is 0 Å². The summed E-state index contributed by atoms with van der Waals surface area (Å²) in [5.41, 5.74) is 11.5. The zero-order valence-electron chi connectivity index (χ0n) is 12.0. The molecule has 1 unspecified atom stereocenters. The molecule has 0 amide bonds. The van der Waals surface area contributed by atoms with E-state index in [-0.39, 0.29) is 6.04 Å². The number of fused-ring (bicyclic) bond motifs is 1. The van der Waals surface area contributed by atoms with Crippen LogP contribution in [0.15, 0.2) is 18.2 Å². The molecule has 1 aromatic heterocycles. The average molecular weight is 306 g/mol. The highest BCUT2D eigenvalue weighted by Crippen LogP contribution is 2.36. The topological polar surface area (TPSA) is 26.0 Å². The van der Waals surface area contributed by atoms with Crippen molar-refractivity contribution >= 4 is 22.9 Å². The molecule has 1 nitrogen and oxygen atoms in total. The molecule has 0 fully saturated rings. The first-order valence-electron chi connectivity index (χ1n) is 7.20. The van der Waals surface area contributed by atoms with Crippen LogP contribution in [0, 0.1) is 13.8 Å². The Morgan fingerprint density at radius 1 is 1.10 bits per heavy atom. The highest BCUT2D eigenvalue weighted by atomic mass is 35.5. The molecule has 106 valence electrons. The van der Waals surface area contributed by atoms with Crippen LogP contribution < -0.4 is 5.73 Å². The summed E-state index contributed by atoms with van der Waals surface area (Å²) in [5, 5.41) is 0.784. The molecule has 2 aromatic rings. The Balaban J connectivity index is 1.98. The molecule has 1 heterocycles. The molecule has 3 heteroatoms. The van der Waals surface area contributed by atoms with Crippen molar-refractivity contribution in [3.63, 3.8) is 0 Å². The van der Waals surface area contributed by atoms with Crippen LogP contribution in [0.5, 0.6) is 0 Å². The minimum Gasteiger partial charge on any atom is -0.320 e. The summed E-state index contributed by atoms with van der Waals surface area (Å²) >= 11 is 8.27. The molecule has 0 saturated heterocycles. The molecule has 0 aliphatic heterocycles. The molecule has 1 aliphatic rings. The van der Waals surface area contributed by atoms with Crippen molar-refractivity contribution in [2.75, 3.05) is 0 Å². The van der Waals surface area contributed by atoms with E-state index in [0.29, 0.717) is 0 Å². The standard InChI is InChI=1S/C17H20ClNS/c1-10-7-13(14(18)8-11(10)2)17(19)16-9-12-5-3-4-6-15(12)20-16/h7-9,17H,3-6,19H2,1-2H3. The summed E-state index contributed by atoms with van der Waals surface area (Å²) in [6.45, 7) is 4.20. The average Bonchev–Trinajstić information content (AvgIpc) is 2.86. The molecule has 1 aromatic carbocycles. The number of nitrogens with two attached hydrogens (primary N) is 1. The van der Waals surface area contributed by atoms with Crippen molar-refractivity contribution in [3.8, 4) is 0 Å². The highest BCUT2D eigenvalue weighted by Gasteiger charge is 2.20. The predicted octanol–water partition coefficient (Wildman–Crippen LogP) is 4.95. The third-order valence-electron chi connectivity index (χ3n) is 4.27. The third-order valence-corrected chi connectivity index (χ3v) is 5.92. The van der Waals surface area contributed by atoms with Crippen LogP contribution in [0.4, 0.5) is 0 Å². The predicted molar refractivity (Wildman–Crippen MR) is 87.9 cm³/mol. The smallest absolute Gasteiger partial charge is 0.0660 e. The Labute approximate surface area is 129 Å². The minimum absolute atomic E-state index is 0.0996. The van der Waals surface area contributed by atoms with Crippen molar-refractivity contribution in [2.24, 2.45) is 5.73 Å². The van der Waals surface area contributed by atoms with Crippen molar-refractivity contribution in [1.29, 1.82) is 0 Å². The van der Waals surface area contributed by atoms with Gasteiger partial charge in [0, 0.05) is 14.8 Å². The van der Waals surface area contributed by atoms with Gasteiger partial charge >= 0.3 is 0 Å². The first kappa shape index (κ1) is 14.1. The lowest BCUT2D eigenvalue weighted by Gasteiger charge is -2.14. The quantitative estimate of drug-likeness (QED) is 0.835. The Hall–Kier alpha value is -0.830. The van der Waals surface area contributed by atoms with Crippen LogP contribution in [-0.2, 0) is 12.8 Å². The fourth-order valence-corrected chi connectivity index (χ4v) is 4.48. The summed E-state index contributed by atoms with van der Waals surface area (Å²) < 4.78 is 0. The molecule has 0 spiro atoms. The maximum atomic E-state index is 6.47. The number of halogens is 1. The van der Waals surface area contributed by atoms with Crippen LogP contribution >= 0.6 is 22.9 Å². The number of aryl methyl sites for hydroxylation is 4. The summed E-state index contributed by atoms with van der Waals surface area (Å²) in [6.07, 6.45) is 5.04. The summed E-state index contributed by atoms with van der Waals surface area (Å²) in [5.74, 6) is 0. The van der Waals surface area contributed by atoms with Gasteiger partial charge in [-0.25, -0.2) is 0 Å². The fraction of sp³-hybridized carbons (Fsp3) is 0.412. The number of hydrogen-bond donors (Lipinski definition) is 1. The second-order valence-electron chi connectivity index (χ2n) is 5.74. The van der Waals surface area contributed by atoms with Crippen LogP contribution in [0.25, 0.3) is 0 Å². The van der Waals surface area contributed by atoms with E-state index in [9.17, 15) is 0 Å². The lowest BCUT2D eigenvalue weighted by molar-refractivity contribution is 0.696. The van der Waals surface area contributed by atoms with Gasteiger partial charge in [-0.3, -0.25) is 0 Å². The number of thiophene rings is 1. The number of benzene rings is 1. The van der Waals surface area contributed by atoms with E-state index in [1.165, 1.54) is 52.1 Å². The van der Waals surface area contributed by atoms with Gasteiger partial charge in [0.1, 0.15) is 0 Å². The minimum atomic E-state index is -0.0996. The van der Waals surface area contributed by atoms with Gasteiger partial charge in [0.25, 0.3) is 0 Å². The Bertz CT molecular complexity index is 621. The fourth-order valence-electron chi connectivity index (χ4n) is 2.86. The largest absolute Gasteiger partial charge is 0.320 e. The Morgan fingerprint density at radius 3 is 2.55 bits per heavy atom. The van der Waals surface area contributed by atoms with Gasteiger partial charge in [-0.05, 0) is 73.9 Å². The van der Waals surface area contributed by atoms with E-state index < -0.39 is 0 Å². The zero-order chi connectivity index (χ0) is 14.3. The first-order chi connectivity index (χ1) is 9.56. The first-order valence-corrected chi connectivity index (χ1v) is 8.39. The molecular weight excluding hydrogens is 286 g/mol. The van der Waals surface area contributed by atoms with E-state index in [0.717, 1.165) is 10.6 Å². The van der Waals surface area contributed by atoms with E-state index in [1.54, 1.807) is 0 Å². The van der Waals surface area contributed by atoms with Gasteiger partial charge in [-0.1, -0.05) is 17.7 Å². The van der Waals surface area contributed by atoms with E-state index in [4.69, 9.17) is 17.3 Å². The number of hydrogen-bond acceptors (Lipinski definition) is 2. The molecule has 0 bridgehead atoms. The van der Waals surface area contributed by atoms with E-state index >= 15 is 0 Å². The van der Waals surface area contributed by atoms with Crippen molar-refractivity contribution in [2.45, 2.75) is 45.6 Å². The van der Waals surface area contributed by atoms with Gasteiger partial charge in [0.15, 0.2) is 0 Å². The molecule has 1 aliphatic carbocycles. The summed E-state index contributed by atoms with van der Waals surface area (Å²) in [4.78, 5) is 2.78. The molecule has 1 atom stereocenters. The number of rotatable bonds is 2. The second-order valence-corrected chi connectivity index (χ2v) is 7.32. The van der Waals surface area contributed by atoms with Crippen molar-refractivity contribution in [1.82, 2.24) is 0 Å².